The van der Waals surface area contributed by atoms with Crippen molar-refractivity contribution in [3.63, 3.8) is 0 Å². The van der Waals surface area contributed by atoms with E-state index in [-0.39, 0.29) is 0 Å². The van der Waals surface area contributed by atoms with E-state index in [0.29, 0.717) is 6.10 Å². The lowest BCUT2D eigenvalue weighted by atomic mass is 10.2. The minimum atomic E-state index is 0.348. The van der Waals surface area contributed by atoms with Crippen molar-refractivity contribution in [2.24, 2.45) is 0 Å². The van der Waals surface area contributed by atoms with Gasteiger partial charge in [0.1, 0.15) is 0 Å². The quantitative estimate of drug-likeness (QED) is 0.622. The largest absolute Gasteiger partial charge is 0.380 e. The van der Waals surface area contributed by atoms with E-state index in [4.69, 9.17) is 9.47 Å². The highest BCUT2D eigenvalue weighted by molar-refractivity contribution is 4.72. The van der Waals surface area contributed by atoms with Gasteiger partial charge in [-0.05, 0) is 13.5 Å². The van der Waals surface area contributed by atoms with Gasteiger partial charge in [-0.3, -0.25) is 4.90 Å². The zero-order valence-corrected chi connectivity index (χ0v) is 10.00. The predicted molar refractivity (Wildman–Crippen MR) is 61.2 cm³/mol. The average molecular weight is 216 g/mol. The molecule has 1 aliphatic heterocycles. The van der Waals surface area contributed by atoms with Gasteiger partial charge in [-0.1, -0.05) is 6.92 Å². The van der Waals surface area contributed by atoms with Crippen LogP contribution in [0.5, 0.6) is 0 Å². The fourth-order valence-corrected chi connectivity index (χ4v) is 1.74. The first-order valence-corrected chi connectivity index (χ1v) is 5.99. The summed E-state index contributed by atoms with van der Waals surface area (Å²) in [6.45, 7) is 11.8. The molecule has 0 spiro atoms. The molecule has 1 fully saturated rings. The van der Waals surface area contributed by atoms with Gasteiger partial charge in [-0.2, -0.15) is 0 Å². The number of morpholine rings is 1. The molecule has 90 valence electrons. The van der Waals surface area contributed by atoms with Crippen molar-refractivity contribution >= 4 is 0 Å². The predicted octanol–water partition coefficient (Wildman–Crippen LogP) is 0.333. The number of nitrogens with one attached hydrogen (secondary N) is 1. The standard InChI is InChI=1S/C11H24N2O2/c1-3-13-6-8-15-11(10-13)9-12-5-7-14-4-2/h11-12H,3-10H2,1-2H3. The number of likely N-dealkylation sites (N-methyl/N-ethyl adjacent to an activating group) is 1. The molecular formula is C11H24N2O2. The fraction of sp³-hybridized carbons (Fsp3) is 1.00. The molecule has 4 nitrogen and oxygen atoms in total. The topological polar surface area (TPSA) is 33.7 Å². The Morgan fingerprint density at radius 3 is 3.07 bits per heavy atom. The molecule has 0 aromatic carbocycles. The summed E-state index contributed by atoms with van der Waals surface area (Å²) in [5, 5.41) is 3.36. The van der Waals surface area contributed by atoms with Crippen molar-refractivity contribution in [2.45, 2.75) is 20.0 Å². The van der Waals surface area contributed by atoms with E-state index in [1.165, 1.54) is 0 Å². The molecule has 1 N–H and O–H groups in total. The zero-order valence-electron chi connectivity index (χ0n) is 10.00. The SMILES string of the molecule is CCOCCNCC1CN(CC)CCO1. The molecule has 15 heavy (non-hydrogen) atoms. The molecule has 0 amide bonds. The van der Waals surface area contributed by atoms with E-state index >= 15 is 0 Å². The normalized spacial score (nSPS) is 23.2. The van der Waals surface area contributed by atoms with Crippen LogP contribution in [-0.4, -0.2) is 63.5 Å². The van der Waals surface area contributed by atoms with Crippen LogP contribution in [0.1, 0.15) is 13.8 Å². The molecule has 1 unspecified atom stereocenters. The van der Waals surface area contributed by atoms with Crippen LogP contribution in [0.2, 0.25) is 0 Å². The van der Waals surface area contributed by atoms with Crippen LogP contribution in [-0.2, 0) is 9.47 Å². The third kappa shape index (κ3) is 5.47. The van der Waals surface area contributed by atoms with Crippen LogP contribution in [0.3, 0.4) is 0 Å². The van der Waals surface area contributed by atoms with Gasteiger partial charge in [0, 0.05) is 32.8 Å². The molecule has 1 aliphatic rings. The van der Waals surface area contributed by atoms with Gasteiger partial charge in [-0.15, -0.1) is 0 Å². The van der Waals surface area contributed by atoms with Gasteiger partial charge < -0.3 is 14.8 Å². The number of hydrogen-bond donors (Lipinski definition) is 1. The van der Waals surface area contributed by atoms with Crippen molar-refractivity contribution in [3.05, 3.63) is 0 Å². The number of hydrogen-bond acceptors (Lipinski definition) is 4. The Bertz CT molecular complexity index is 156. The maximum Gasteiger partial charge on any atom is 0.0826 e. The van der Waals surface area contributed by atoms with Crippen LogP contribution in [0.15, 0.2) is 0 Å². The van der Waals surface area contributed by atoms with E-state index < -0.39 is 0 Å². The Balaban J connectivity index is 2.00. The summed E-state index contributed by atoms with van der Waals surface area (Å²) in [5.41, 5.74) is 0. The summed E-state index contributed by atoms with van der Waals surface area (Å²) in [7, 11) is 0. The minimum Gasteiger partial charge on any atom is -0.380 e. The maximum atomic E-state index is 5.67. The molecule has 1 atom stereocenters. The van der Waals surface area contributed by atoms with Crippen molar-refractivity contribution < 1.29 is 9.47 Å². The van der Waals surface area contributed by atoms with Gasteiger partial charge in [-0.25, -0.2) is 0 Å². The third-order valence-electron chi connectivity index (χ3n) is 2.67. The number of rotatable bonds is 7. The van der Waals surface area contributed by atoms with Crippen LogP contribution in [0, 0.1) is 0 Å². The van der Waals surface area contributed by atoms with Crippen molar-refractivity contribution in [3.8, 4) is 0 Å². The second-order valence-electron chi connectivity index (χ2n) is 3.79. The molecule has 0 radical (unpaired) electrons. The Kier molecular flexibility index (Phi) is 6.92. The zero-order chi connectivity index (χ0) is 10.9. The molecule has 1 saturated heterocycles. The van der Waals surface area contributed by atoms with Crippen LogP contribution in [0.4, 0.5) is 0 Å². The average Bonchev–Trinajstić information content (AvgIpc) is 2.29. The summed E-state index contributed by atoms with van der Waals surface area (Å²) in [4.78, 5) is 2.43. The number of nitrogens with zero attached hydrogens (tertiary/aromatic N) is 1. The molecule has 0 aromatic heterocycles. The number of ether oxygens (including phenoxy) is 2. The molecular weight excluding hydrogens is 192 g/mol. The van der Waals surface area contributed by atoms with Crippen LogP contribution < -0.4 is 5.32 Å². The van der Waals surface area contributed by atoms with Crippen molar-refractivity contribution in [1.82, 2.24) is 10.2 Å². The monoisotopic (exact) mass is 216 g/mol. The molecule has 0 bridgehead atoms. The smallest absolute Gasteiger partial charge is 0.0826 e. The van der Waals surface area contributed by atoms with Crippen LogP contribution in [0.25, 0.3) is 0 Å². The summed E-state index contributed by atoms with van der Waals surface area (Å²) < 4.78 is 10.9. The Hall–Kier alpha value is -0.160. The first-order valence-electron chi connectivity index (χ1n) is 5.99. The summed E-state index contributed by atoms with van der Waals surface area (Å²) >= 11 is 0. The van der Waals surface area contributed by atoms with Gasteiger partial charge in [0.25, 0.3) is 0 Å². The summed E-state index contributed by atoms with van der Waals surface area (Å²) in [5.74, 6) is 0. The van der Waals surface area contributed by atoms with Gasteiger partial charge >= 0.3 is 0 Å². The molecule has 0 aromatic rings. The molecule has 4 heteroatoms. The lowest BCUT2D eigenvalue weighted by Gasteiger charge is -2.32. The molecule has 0 saturated carbocycles. The third-order valence-corrected chi connectivity index (χ3v) is 2.67. The van der Waals surface area contributed by atoms with E-state index in [1.807, 2.05) is 6.92 Å². The van der Waals surface area contributed by atoms with Crippen molar-refractivity contribution in [2.75, 3.05) is 52.5 Å². The van der Waals surface area contributed by atoms with E-state index in [2.05, 4.69) is 17.1 Å². The van der Waals surface area contributed by atoms with E-state index in [9.17, 15) is 0 Å². The van der Waals surface area contributed by atoms with Gasteiger partial charge in [0.05, 0.1) is 19.3 Å². The summed E-state index contributed by atoms with van der Waals surface area (Å²) in [6, 6.07) is 0. The summed E-state index contributed by atoms with van der Waals surface area (Å²) in [6.07, 6.45) is 0.348. The Morgan fingerprint density at radius 2 is 2.33 bits per heavy atom. The lowest BCUT2D eigenvalue weighted by Crippen LogP contribution is -2.46. The van der Waals surface area contributed by atoms with Crippen LogP contribution >= 0.6 is 0 Å². The fourth-order valence-electron chi connectivity index (χ4n) is 1.74. The molecule has 1 rings (SSSR count). The van der Waals surface area contributed by atoms with Crippen molar-refractivity contribution in [1.29, 1.82) is 0 Å². The second-order valence-corrected chi connectivity index (χ2v) is 3.79. The first kappa shape index (κ1) is 12.9. The second kappa shape index (κ2) is 8.05. The highest BCUT2D eigenvalue weighted by Crippen LogP contribution is 2.03. The lowest BCUT2D eigenvalue weighted by molar-refractivity contribution is -0.0257. The van der Waals surface area contributed by atoms with E-state index in [1.54, 1.807) is 0 Å². The van der Waals surface area contributed by atoms with Gasteiger partial charge in [0.15, 0.2) is 0 Å². The maximum absolute atomic E-state index is 5.67. The Morgan fingerprint density at radius 1 is 1.47 bits per heavy atom. The van der Waals surface area contributed by atoms with E-state index in [0.717, 1.165) is 52.5 Å². The molecule has 1 heterocycles. The Labute approximate surface area is 92.9 Å². The molecule has 0 aliphatic carbocycles. The van der Waals surface area contributed by atoms with Gasteiger partial charge in [0.2, 0.25) is 0 Å². The highest BCUT2D eigenvalue weighted by atomic mass is 16.5. The first-order chi connectivity index (χ1) is 7.36. The highest BCUT2D eigenvalue weighted by Gasteiger charge is 2.18. The minimum absolute atomic E-state index is 0.348.